The van der Waals surface area contributed by atoms with Crippen molar-refractivity contribution in [1.29, 1.82) is 0 Å². The van der Waals surface area contributed by atoms with Crippen LogP contribution in [0.3, 0.4) is 0 Å². The number of halogens is 1. The van der Waals surface area contributed by atoms with E-state index in [1.54, 1.807) is 0 Å². The molecule has 5 atom stereocenters. The van der Waals surface area contributed by atoms with Crippen molar-refractivity contribution in [1.82, 2.24) is 0 Å². The quantitative estimate of drug-likeness (QED) is 0.302. The third-order valence-corrected chi connectivity index (χ3v) is 4.73. The van der Waals surface area contributed by atoms with E-state index < -0.39 is 41.8 Å². The first-order chi connectivity index (χ1) is 8.51. The van der Waals surface area contributed by atoms with Crippen LogP contribution in [-0.2, 0) is 28.6 Å². The second-order valence-electron chi connectivity index (χ2n) is 4.36. The van der Waals surface area contributed by atoms with Crippen LogP contribution in [0.5, 0.6) is 0 Å². The maximum Gasteiger partial charge on any atom is 0.313 e. The number of rotatable bonds is 2. The Balaban J connectivity index is 2.35. The molecule has 1 aliphatic carbocycles. The van der Waals surface area contributed by atoms with Gasteiger partial charge in [-0.05, 0) is 6.42 Å². The molecule has 7 heteroatoms. The zero-order valence-electron chi connectivity index (χ0n) is 9.92. The lowest BCUT2D eigenvalue weighted by Gasteiger charge is -2.32. The minimum atomic E-state index is -0.777. The van der Waals surface area contributed by atoms with Gasteiger partial charge in [0.15, 0.2) is 0 Å². The highest BCUT2D eigenvalue weighted by Gasteiger charge is 2.60. The van der Waals surface area contributed by atoms with Crippen LogP contribution in [0.2, 0.25) is 0 Å². The molecule has 18 heavy (non-hydrogen) atoms. The molecule has 6 nitrogen and oxygen atoms in total. The van der Waals surface area contributed by atoms with Crippen molar-refractivity contribution in [2.24, 2.45) is 17.8 Å². The summed E-state index contributed by atoms with van der Waals surface area (Å²) in [5, 5.41) is 0. The minimum Gasteiger partial charge on any atom is -0.469 e. The van der Waals surface area contributed by atoms with E-state index in [1.165, 1.54) is 14.2 Å². The van der Waals surface area contributed by atoms with Crippen molar-refractivity contribution >= 4 is 40.5 Å². The molecular weight excluding hydrogens is 355 g/mol. The number of hydrogen-bond donors (Lipinski definition) is 0. The third kappa shape index (κ3) is 1.98. The first-order valence-electron chi connectivity index (χ1n) is 5.51. The molecule has 0 N–H and O–H groups in total. The molecule has 2 bridgehead atoms. The number of esters is 3. The number of alkyl halides is 1. The second-order valence-corrected chi connectivity index (χ2v) is 5.96. The summed E-state index contributed by atoms with van der Waals surface area (Å²) in [6, 6.07) is 0. The van der Waals surface area contributed by atoms with Gasteiger partial charge in [0, 0.05) is 3.92 Å². The SMILES string of the molecule is COC(=O)[C@H]1[C@@H]2OC(=O)[C@@H]1[C@@H](C(=O)OC)C[C@H]2I. The summed E-state index contributed by atoms with van der Waals surface area (Å²) in [5.41, 5.74) is 0. The summed E-state index contributed by atoms with van der Waals surface area (Å²) in [5.74, 6) is -3.61. The van der Waals surface area contributed by atoms with Crippen LogP contribution in [0.15, 0.2) is 0 Å². The van der Waals surface area contributed by atoms with Gasteiger partial charge in [-0.1, -0.05) is 22.6 Å². The van der Waals surface area contributed by atoms with Crippen LogP contribution < -0.4 is 0 Å². The summed E-state index contributed by atoms with van der Waals surface area (Å²) in [6.45, 7) is 0. The fourth-order valence-corrected chi connectivity index (χ4v) is 3.83. The molecule has 0 aromatic heterocycles. The monoisotopic (exact) mass is 368 g/mol. The van der Waals surface area contributed by atoms with Gasteiger partial charge < -0.3 is 14.2 Å². The van der Waals surface area contributed by atoms with E-state index in [0.717, 1.165) is 0 Å². The molecule has 1 aliphatic heterocycles. The lowest BCUT2D eigenvalue weighted by molar-refractivity contribution is -0.157. The van der Waals surface area contributed by atoms with Gasteiger partial charge in [-0.3, -0.25) is 14.4 Å². The van der Waals surface area contributed by atoms with Gasteiger partial charge in [0.25, 0.3) is 0 Å². The molecule has 0 aromatic carbocycles. The van der Waals surface area contributed by atoms with E-state index in [4.69, 9.17) is 14.2 Å². The number of fused-ring (bicyclic) bond motifs is 2. The summed E-state index contributed by atoms with van der Waals surface area (Å²) < 4.78 is 14.5. The molecule has 0 unspecified atom stereocenters. The molecule has 2 fully saturated rings. The van der Waals surface area contributed by atoms with E-state index in [-0.39, 0.29) is 3.92 Å². The topological polar surface area (TPSA) is 78.9 Å². The normalized spacial score (nSPS) is 37.9. The Hall–Kier alpha value is -0.860. The molecule has 1 heterocycles. The Morgan fingerprint density at radius 3 is 2.44 bits per heavy atom. The molecule has 0 amide bonds. The van der Waals surface area contributed by atoms with Gasteiger partial charge in [-0.25, -0.2) is 0 Å². The van der Waals surface area contributed by atoms with E-state index >= 15 is 0 Å². The Bertz CT molecular complexity index is 395. The fraction of sp³-hybridized carbons (Fsp3) is 0.727. The van der Waals surface area contributed by atoms with Crippen molar-refractivity contribution in [3.05, 3.63) is 0 Å². The summed E-state index contributed by atoms with van der Waals surface area (Å²) in [7, 11) is 2.53. The van der Waals surface area contributed by atoms with Crippen molar-refractivity contribution in [2.45, 2.75) is 16.4 Å². The van der Waals surface area contributed by atoms with Gasteiger partial charge in [0.2, 0.25) is 0 Å². The number of ether oxygens (including phenoxy) is 3. The number of carbonyl (C=O) groups is 3. The van der Waals surface area contributed by atoms with Crippen molar-refractivity contribution < 1.29 is 28.6 Å². The average Bonchev–Trinajstić information content (AvgIpc) is 2.65. The standard InChI is InChI=1S/C11H13IO6/c1-16-9(13)4-3-5(12)8-7(10(14)17-2)6(4)11(15)18-8/h4-8H,3H2,1-2H3/t4-,5+,6+,7+,8+/m0/s1. The second kappa shape index (κ2) is 5.02. The summed E-state index contributed by atoms with van der Waals surface area (Å²) >= 11 is 2.09. The molecule has 1 saturated heterocycles. The molecule has 2 aliphatic rings. The fourth-order valence-electron chi connectivity index (χ4n) is 2.68. The van der Waals surface area contributed by atoms with Crippen molar-refractivity contribution in [3.8, 4) is 0 Å². The van der Waals surface area contributed by atoms with Gasteiger partial charge in [0.1, 0.15) is 12.0 Å². The van der Waals surface area contributed by atoms with Crippen LogP contribution in [-0.4, -0.2) is 42.2 Å². The maximum absolute atomic E-state index is 11.8. The van der Waals surface area contributed by atoms with Crippen LogP contribution in [0.4, 0.5) is 0 Å². The Kier molecular flexibility index (Phi) is 3.79. The minimum absolute atomic E-state index is 0.0986. The van der Waals surface area contributed by atoms with Crippen molar-refractivity contribution in [3.63, 3.8) is 0 Å². The molecule has 2 rings (SSSR count). The Labute approximate surface area is 117 Å². The summed E-state index contributed by atoms with van der Waals surface area (Å²) in [4.78, 5) is 35.3. The maximum atomic E-state index is 11.8. The number of carbonyl (C=O) groups excluding carboxylic acids is 3. The van der Waals surface area contributed by atoms with Crippen LogP contribution in [0.25, 0.3) is 0 Å². The highest BCUT2D eigenvalue weighted by molar-refractivity contribution is 14.1. The predicted octanol–water partition coefficient (Wildman–Crippen LogP) is 0.314. The Morgan fingerprint density at radius 2 is 1.89 bits per heavy atom. The van der Waals surface area contributed by atoms with Gasteiger partial charge in [0.05, 0.1) is 26.1 Å². The molecule has 0 spiro atoms. The highest BCUT2D eigenvalue weighted by Crippen LogP contribution is 2.46. The lowest BCUT2D eigenvalue weighted by Crippen LogP contribution is -2.46. The van der Waals surface area contributed by atoms with E-state index in [1.807, 2.05) is 0 Å². The number of hydrogen-bond acceptors (Lipinski definition) is 6. The van der Waals surface area contributed by atoms with Gasteiger partial charge in [-0.2, -0.15) is 0 Å². The Morgan fingerprint density at radius 1 is 1.28 bits per heavy atom. The third-order valence-electron chi connectivity index (χ3n) is 3.51. The largest absolute Gasteiger partial charge is 0.469 e. The van der Waals surface area contributed by atoms with Gasteiger partial charge in [-0.15, -0.1) is 0 Å². The zero-order chi connectivity index (χ0) is 13.4. The molecule has 1 saturated carbocycles. The van der Waals surface area contributed by atoms with E-state index in [2.05, 4.69) is 22.6 Å². The predicted molar refractivity (Wildman–Crippen MR) is 66.8 cm³/mol. The molecular formula is C11H13IO6. The molecule has 0 aromatic rings. The van der Waals surface area contributed by atoms with Crippen molar-refractivity contribution in [2.75, 3.05) is 14.2 Å². The highest BCUT2D eigenvalue weighted by atomic mass is 127. The zero-order valence-corrected chi connectivity index (χ0v) is 12.1. The summed E-state index contributed by atoms with van der Waals surface area (Å²) in [6.07, 6.45) is -0.0293. The van der Waals surface area contributed by atoms with E-state index in [0.29, 0.717) is 6.42 Å². The van der Waals surface area contributed by atoms with Crippen LogP contribution in [0, 0.1) is 17.8 Å². The van der Waals surface area contributed by atoms with E-state index in [9.17, 15) is 14.4 Å². The number of methoxy groups -OCH3 is 2. The first kappa shape index (κ1) is 13.6. The molecule has 0 radical (unpaired) electrons. The average molecular weight is 368 g/mol. The van der Waals surface area contributed by atoms with Crippen LogP contribution >= 0.6 is 22.6 Å². The smallest absolute Gasteiger partial charge is 0.313 e. The molecule has 100 valence electrons. The van der Waals surface area contributed by atoms with Gasteiger partial charge >= 0.3 is 17.9 Å². The lowest BCUT2D eigenvalue weighted by atomic mass is 9.72. The first-order valence-corrected chi connectivity index (χ1v) is 6.76. The van der Waals surface area contributed by atoms with Crippen LogP contribution in [0.1, 0.15) is 6.42 Å².